The van der Waals surface area contributed by atoms with Crippen molar-refractivity contribution in [1.82, 2.24) is 44.2 Å². The number of rotatable bonds is 5. The fourth-order valence-corrected chi connectivity index (χ4v) is 7.25. The molecule has 0 spiro atoms. The third-order valence-electron chi connectivity index (χ3n) is 9.48. The van der Waals surface area contributed by atoms with Crippen LogP contribution in [0.5, 0.6) is 5.75 Å². The zero-order valence-electron chi connectivity index (χ0n) is 28.4. The van der Waals surface area contributed by atoms with Crippen molar-refractivity contribution in [2.75, 3.05) is 44.1 Å². The van der Waals surface area contributed by atoms with Crippen LogP contribution in [0.3, 0.4) is 0 Å². The van der Waals surface area contributed by atoms with Crippen molar-refractivity contribution in [1.29, 1.82) is 0 Å². The van der Waals surface area contributed by atoms with Crippen LogP contribution < -0.4 is 15.0 Å². The monoisotopic (exact) mass is 695 g/mol. The highest BCUT2D eigenvalue weighted by molar-refractivity contribution is 5.93. The molecule has 1 amide bonds. The molecule has 8 rings (SSSR count). The minimum atomic E-state index is -0.627. The van der Waals surface area contributed by atoms with Crippen molar-refractivity contribution in [3.05, 3.63) is 72.6 Å². The number of halogens is 2. The molecule has 1 N–H and O–H groups in total. The molecule has 0 aliphatic carbocycles. The molecule has 262 valence electrons. The number of nitrogens with one attached hydrogen (secondary N) is 1. The van der Waals surface area contributed by atoms with E-state index in [-0.39, 0.29) is 17.7 Å². The summed E-state index contributed by atoms with van der Waals surface area (Å²) in [7, 11) is 3.23. The summed E-state index contributed by atoms with van der Waals surface area (Å²) in [6.07, 6.45) is 4.70. The molecule has 51 heavy (non-hydrogen) atoms. The maximum absolute atomic E-state index is 15.0. The Morgan fingerprint density at radius 2 is 1.88 bits per heavy atom. The number of amides is 1. The van der Waals surface area contributed by atoms with Gasteiger partial charge in [0.15, 0.2) is 5.65 Å². The Kier molecular flexibility index (Phi) is 8.17. The van der Waals surface area contributed by atoms with E-state index >= 15 is 4.39 Å². The molecule has 14 nitrogen and oxygen atoms in total. The Hall–Kier alpha value is -5.77. The standard InChI is InChI=1S/C35H35F2N11O3/c1-5-51-23-16-45(3)34(49)29-13-22(43-35-38-9-8-26(44-35)24-10-21(37)11-27-31(24)46(17-23)19(2)42-27)15-47(29)32-25-14-41-48(33(25)40-18-39-32)28-7-6-20(36)12-30(28)50-4/h6-12,14,18,22-23,29H,5,13,15-17H2,1-4H3,(H,38,43,44)/t22-,23-,29-/m0/s1. The van der Waals surface area contributed by atoms with E-state index in [1.54, 1.807) is 41.2 Å². The topological polar surface area (TPSA) is 141 Å². The van der Waals surface area contributed by atoms with E-state index in [0.717, 1.165) is 5.52 Å². The lowest BCUT2D eigenvalue weighted by Gasteiger charge is -2.31. The van der Waals surface area contributed by atoms with Crippen LogP contribution in [0.25, 0.3) is 39.0 Å². The summed E-state index contributed by atoms with van der Waals surface area (Å²) in [5, 5.41) is 8.60. The van der Waals surface area contributed by atoms with E-state index in [4.69, 9.17) is 14.5 Å². The number of hydrogen-bond donors (Lipinski definition) is 1. The average Bonchev–Trinajstić information content (AvgIpc) is 3.82. The van der Waals surface area contributed by atoms with Crippen LogP contribution in [0.2, 0.25) is 0 Å². The molecule has 4 bridgehead atoms. The van der Waals surface area contributed by atoms with Gasteiger partial charge in [0.1, 0.15) is 47.1 Å². The number of ether oxygens (including phenoxy) is 2. The van der Waals surface area contributed by atoms with Crippen LogP contribution in [-0.2, 0) is 16.1 Å². The van der Waals surface area contributed by atoms with Crippen molar-refractivity contribution in [3.8, 4) is 22.7 Å². The first-order valence-corrected chi connectivity index (χ1v) is 16.6. The molecule has 1 saturated heterocycles. The number of anilines is 2. The number of benzene rings is 2. The SMILES string of the molecule is CCO[C@H]1CN(C)C(=O)[C@@H]2C[C@@H](CN2c2ncnc3c2cnn3-c2ccc(F)cc2OC)Nc2nccc(n2)-c2cc(F)cc3nc(C)n(c23)C1. The van der Waals surface area contributed by atoms with Gasteiger partial charge in [-0.1, -0.05) is 0 Å². The first kappa shape index (κ1) is 32.4. The molecule has 4 aromatic heterocycles. The summed E-state index contributed by atoms with van der Waals surface area (Å²) in [5.41, 5.74) is 3.30. The van der Waals surface area contributed by atoms with Crippen LogP contribution in [0.4, 0.5) is 20.5 Å². The number of likely N-dealkylation sites (N-methyl/N-ethyl adjacent to an activating group) is 1. The highest BCUT2D eigenvalue weighted by Crippen LogP contribution is 2.35. The van der Waals surface area contributed by atoms with Crippen molar-refractivity contribution in [2.45, 2.75) is 45.0 Å². The first-order valence-electron chi connectivity index (χ1n) is 16.6. The van der Waals surface area contributed by atoms with Gasteiger partial charge in [0.2, 0.25) is 11.9 Å². The lowest BCUT2D eigenvalue weighted by Crippen LogP contribution is -2.47. The van der Waals surface area contributed by atoms with E-state index in [1.807, 2.05) is 23.3 Å². The van der Waals surface area contributed by atoms with Gasteiger partial charge in [0, 0.05) is 56.7 Å². The molecule has 6 heterocycles. The smallest absolute Gasteiger partial charge is 0.245 e. The molecular formula is C35H35F2N11O3. The van der Waals surface area contributed by atoms with Crippen molar-refractivity contribution >= 4 is 39.7 Å². The maximum atomic E-state index is 15.0. The van der Waals surface area contributed by atoms with Gasteiger partial charge in [0.05, 0.1) is 48.1 Å². The summed E-state index contributed by atoms with van der Waals surface area (Å²) >= 11 is 0. The van der Waals surface area contributed by atoms with Crippen molar-refractivity contribution in [2.24, 2.45) is 0 Å². The van der Waals surface area contributed by atoms with E-state index < -0.39 is 23.8 Å². The summed E-state index contributed by atoms with van der Waals surface area (Å²) in [5.74, 6) is 0.835. The molecule has 2 aliphatic heterocycles. The highest BCUT2D eigenvalue weighted by Gasteiger charge is 2.41. The van der Waals surface area contributed by atoms with Crippen molar-refractivity contribution < 1.29 is 23.0 Å². The van der Waals surface area contributed by atoms with E-state index in [9.17, 15) is 9.18 Å². The maximum Gasteiger partial charge on any atom is 0.245 e. The highest BCUT2D eigenvalue weighted by atomic mass is 19.1. The van der Waals surface area contributed by atoms with Gasteiger partial charge in [-0.2, -0.15) is 5.10 Å². The summed E-state index contributed by atoms with van der Waals surface area (Å²) in [6, 6.07) is 7.91. The third-order valence-corrected chi connectivity index (χ3v) is 9.48. The molecular weight excluding hydrogens is 660 g/mol. The number of carbonyl (C=O) groups excluding carboxylic acids is 1. The van der Waals surface area contributed by atoms with E-state index in [1.165, 1.54) is 37.7 Å². The summed E-state index contributed by atoms with van der Waals surface area (Å²) in [6.45, 7) is 5.25. The van der Waals surface area contributed by atoms with Gasteiger partial charge >= 0.3 is 0 Å². The number of aromatic nitrogens is 8. The van der Waals surface area contributed by atoms with Crippen LogP contribution >= 0.6 is 0 Å². The van der Waals surface area contributed by atoms with E-state index in [0.29, 0.717) is 83.7 Å². The van der Waals surface area contributed by atoms with Gasteiger partial charge in [-0.3, -0.25) is 4.79 Å². The van der Waals surface area contributed by atoms with Gasteiger partial charge in [0.25, 0.3) is 0 Å². The van der Waals surface area contributed by atoms with Gasteiger partial charge in [-0.15, -0.1) is 0 Å². The van der Waals surface area contributed by atoms with Gasteiger partial charge < -0.3 is 29.2 Å². The molecule has 0 saturated carbocycles. The Morgan fingerprint density at radius 1 is 1.02 bits per heavy atom. The average molecular weight is 696 g/mol. The molecule has 0 radical (unpaired) electrons. The minimum absolute atomic E-state index is 0.122. The Morgan fingerprint density at radius 3 is 2.71 bits per heavy atom. The van der Waals surface area contributed by atoms with Crippen LogP contribution in [0, 0.1) is 18.6 Å². The van der Waals surface area contributed by atoms with E-state index in [2.05, 4.69) is 30.4 Å². The summed E-state index contributed by atoms with van der Waals surface area (Å²) < 4.78 is 44.3. The zero-order chi connectivity index (χ0) is 35.4. The summed E-state index contributed by atoms with van der Waals surface area (Å²) in [4.78, 5) is 41.3. The molecule has 0 unspecified atom stereocenters. The lowest BCUT2D eigenvalue weighted by molar-refractivity contribution is -0.133. The number of carbonyl (C=O) groups is 1. The molecule has 6 aromatic rings. The molecule has 2 aromatic carbocycles. The molecule has 16 heteroatoms. The second-order valence-electron chi connectivity index (χ2n) is 12.7. The molecule has 3 atom stereocenters. The number of nitrogens with zero attached hydrogens (tertiary/aromatic N) is 10. The number of fused-ring (bicyclic) bond motifs is 6. The zero-order valence-corrected chi connectivity index (χ0v) is 28.4. The predicted octanol–water partition coefficient (Wildman–Crippen LogP) is 4.15. The molecule has 2 aliphatic rings. The second kappa shape index (κ2) is 12.8. The van der Waals surface area contributed by atoms with Crippen LogP contribution in [0.1, 0.15) is 19.2 Å². The normalized spacial score (nSPS) is 19.3. The second-order valence-corrected chi connectivity index (χ2v) is 12.7. The Labute approximate surface area is 291 Å². The fraction of sp³-hybridized carbons (Fsp3) is 0.343. The van der Waals surface area contributed by atoms with Crippen LogP contribution in [-0.4, -0.2) is 102 Å². The number of hydrogen-bond acceptors (Lipinski definition) is 11. The number of methoxy groups -OCH3 is 1. The first-order chi connectivity index (χ1) is 24.7. The Balaban J connectivity index is 1.23. The van der Waals surface area contributed by atoms with Gasteiger partial charge in [-0.05, 0) is 44.5 Å². The largest absolute Gasteiger partial charge is 0.494 e. The number of aryl methyl sites for hydroxylation is 1. The molecule has 1 fully saturated rings. The lowest BCUT2D eigenvalue weighted by atomic mass is 10.1. The van der Waals surface area contributed by atoms with Gasteiger partial charge in [-0.25, -0.2) is 38.4 Å². The van der Waals surface area contributed by atoms with Crippen molar-refractivity contribution in [3.63, 3.8) is 0 Å². The quantitative estimate of drug-likeness (QED) is 0.278. The Bertz CT molecular complexity index is 2290. The predicted molar refractivity (Wildman–Crippen MR) is 185 cm³/mol. The fourth-order valence-electron chi connectivity index (χ4n) is 7.25. The van der Waals surface area contributed by atoms with Crippen LogP contribution in [0.15, 0.2) is 55.1 Å². The number of imidazole rings is 1. The third kappa shape index (κ3) is 5.74. The minimum Gasteiger partial charge on any atom is -0.494 e.